The Labute approximate surface area is 189 Å². The Bertz CT molecular complexity index is 1170. The van der Waals surface area contributed by atoms with Gasteiger partial charge in [-0.3, -0.25) is 10.1 Å². The van der Waals surface area contributed by atoms with Crippen LogP contribution >= 0.6 is 22.9 Å². The van der Waals surface area contributed by atoms with Crippen molar-refractivity contribution in [1.29, 1.82) is 0 Å². The van der Waals surface area contributed by atoms with Gasteiger partial charge in [0.05, 0.1) is 5.69 Å². The van der Waals surface area contributed by atoms with Crippen molar-refractivity contribution in [2.24, 2.45) is 0 Å². The van der Waals surface area contributed by atoms with Crippen LogP contribution in [-0.4, -0.2) is 10.9 Å². The quantitative estimate of drug-likeness (QED) is 0.321. The third-order valence-electron chi connectivity index (χ3n) is 4.43. The van der Waals surface area contributed by atoms with E-state index in [-0.39, 0.29) is 5.91 Å². The van der Waals surface area contributed by atoms with Crippen LogP contribution in [0.4, 0.5) is 5.13 Å². The molecule has 0 saturated heterocycles. The van der Waals surface area contributed by atoms with E-state index in [9.17, 15) is 4.79 Å². The average molecular weight is 447 g/mol. The Kier molecular flexibility index (Phi) is 6.77. The van der Waals surface area contributed by atoms with Crippen LogP contribution in [0.15, 0.2) is 90.3 Å². The van der Waals surface area contributed by atoms with Crippen LogP contribution in [0.1, 0.15) is 11.1 Å². The molecular formula is C25H19ClN2O2S. The first-order valence-electron chi connectivity index (χ1n) is 9.63. The zero-order valence-electron chi connectivity index (χ0n) is 16.5. The standard InChI is InChI=1S/C25H19ClN2O2S/c26-21-11-9-20(10-12-21)23-17-31-25(27-23)28-24(29)15-8-18-6-13-22(14-7-18)30-16-19-4-2-1-3-5-19/h1-15,17H,16H2,(H,27,28,29). The fourth-order valence-electron chi connectivity index (χ4n) is 2.82. The van der Waals surface area contributed by atoms with Crippen LogP contribution in [0, 0.1) is 0 Å². The Morgan fingerprint density at radius 3 is 2.48 bits per heavy atom. The van der Waals surface area contributed by atoms with Crippen LogP contribution in [0.3, 0.4) is 0 Å². The Balaban J connectivity index is 1.30. The highest BCUT2D eigenvalue weighted by atomic mass is 35.5. The van der Waals surface area contributed by atoms with Gasteiger partial charge < -0.3 is 4.74 Å². The molecule has 0 bridgehead atoms. The van der Waals surface area contributed by atoms with Gasteiger partial charge in [0.2, 0.25) is 5.91 Å². The minimum Gasteiger partial charge on any atom is -0.489 e. The van der Waals surface area contributed by atoms with E-state index in [2.05, 4.69) is 10.3 Å². The van der Waals surface area contributed by atoms with E-state index < -0.39 is 0 Å². The van der Waals surface area contributed by atoms with E-state index in [1.54, 1.807) is 6.08 Å². The molecule has 0 aliphatic heterocycles. The Morgan fingerprint density at radius 1 is 1.00 bits per heavy atom. The number of hydrogen-bond acceptors (Lipinski definition) is 4. The van der Waals surface area contributed by atoms with Crippen molar-refractivity contribution in [2.45, 2.75) is 6.61 Å². The summed E-state index contributed by atoms with van der Waals surface area (Å²) in [6, 6.07) is 25.0. The van der Waals surface area contributed by atoms with Crippen LogP contribution in [0.25, 0.3) is 17.3 Å². The Morgan fingerprint density at radius 2 is 1.74 bits per heavy atom. The lowest BCUT2D eigenvalue weighted by Crippen LogP contribution is -2.07. The highest BCUT2D eigenvalue weighted by molar-refractivity contribution is 7.14. The summed E-state index contributed by atoms with van der Waals surface area (Å²) in [6.45, 7) is 0.518. The number of carbonyl (C=O) groups is 1. The van der Waals surface area contributed by atoms with Gasteiger partial charge >= 0.3 is 0 Å². The van der Waals surface area contributed by atoms with Crippen LogP contribution < -0.4 is 10.1 Å². The highest BCUT2D eigenvalue weighted by Gasteiger charge is 2.06. The smallest absolute Gasteiger partial charge is 0.250 e. The maximum atomic E-state index is 12.2. The van der Waals surface area contributed by atoms with Crippen molar-refractivity contribution >= 4 is 40.1 Å². The summed E-state index contributed by atoms with van der Waals surface area (Å²) in [6.07, 6.45) is 3.24. The molecule has 0 saturated carbocycles. The lowest BCUT2D eigenvalue weighted by molar-refractivity contribution is -0.111. The molecule has 0 aliphatic carbocycles. The molecule has 0 atom stereocenters. The number of nitrogens with zero attached hydrogens (tertiary/aromatic N) is 1. The summed E-state index contributed by atoms with van der Waals surface area (Å²) in [5, 5.41) is 5.91. The molecule has 0 spiro atoms. The van der Waals surface area contributed by atoms with E-state index in [1.807, 2.05) is 84.2 Å². The third kappa shape index (κ3) is 6.04. The predicted octanol–water partition coefficient (Wildman–Crippen LogP) is 6.69. The van der Waals surface area contributed by atoms with E-state index >= 15 is 0 Å². The van der Waals surface area contributed by atoms with Gasteiger partial charge in [0.25, 0.3) is 0 Å². The molecule has 154 valence electrons. The molecule has 1 heterocycles. The molecule has 1 N–H and O–H groups in total. The number of rotatable bonds is 7. The van der Waals surface area contributed by atoms with Gasteiger partial charge in [0.15, 0.2) is 5.13 Å². The van der Waals surface area contributed by atoms with Gasteiger partial charge in [-0.2, -0.15) is 0 Å². The molecule has 3 aromatic carbocycles. The van der Waals surface area contributed by atoms with Crippen molar-refractivity contribution in [1.82, 2.24) is 4.98 Å². The number of anilines is 1. The van der Waals surface area contributed by atoms with Crippen molar-refractivity contribution in [3.05, 3.63) is 106 Å². The van der Waals surface area contributed by atoms with Gasteiger partial charge in [0.1, 0.15) is 12.4 Å². The molecule has 0 fully saturated rings. The van der Waals surface area contributed by atoms with Crippen LogP contribution in [-0.2, 0) is 11.4 Å². The average Bonchev–Trinajstić information content (AvgIpc) is 3.26. The number of benzene rings is 3. The molecule has 31 heavy (non-hydrogen) atoms. The maximum Gasteiger partial charge on any atom is 0.250 e. The molecular weight excluding hydrogens is 428 g/mol. The normalized spacial score (nSPS) is 10.9. The van der Waals surface area contributed by atoms with Gasteiger partial charge in [-0.05, 0) is 41.5 Å². The number of carbonyl (C=O) groups excluding carboxylic acids is 1. The first-order chi connectivity index (χ1) is 15.2. The van der Waals surface area contributed by atoms with Crippen molar-refractivity contribution in [3.8, 4) is 17.0 Å². The molecule has 4 nitrogen and oxygen atoms in total. The summed E-state index contributed by atoms with van der Waals surface area (Å²) in [4.78, 5) is 16.7. The van der Waals surface area contributed by atoms with Gasteiger partial charge in [0, 0.05) is 22.0 Å². The number of thiazole rings is 1. The van der Waals surface area contributed by atoms with Crippen LogP contribution in [0.2, 0.25) is 5.02 Å². The van der Waals surface area contributed by atoms with E-state index in [1.165, 1.54) is 17.4 Å². The maximum absolute atomic E-state index is 12.2. The number of ether oxygens (including phenoxy) is 1. The summed E-state index contributed by atoms with van der Waals surface area (Å²) < 4.78 is 5.78. The third-order valence-corrected chi connectivity index (χ3v) is 5.44. The largest absolute Gasteiger partial charge is 0.489 e. The fourth-order valence-corrected chi connectivity index (χ4v) is 3.67. The van der Waals surface area contributed by atoms with E-state index in [0.29, 0.717) is 16.8 Å². The van der Waals surface area contributed by atoms with Crippen molar-refractivity contribution in [3.63, 3.8) is 0 Å². The molecule has 0 aliphatic rings. The fraction of sp³-hybridized carbons (Fsp3) is 0.0400. The monoisotopic (exact) mass is 446 g/mol. The molecule has 0 radical (unpaired) electrons. The minimum absolute atomic E-state index is 0.235. The molecule has 6 heteroatoms. The second-order valence-corrected chi connectivity index (χ2v) is 8.01. The second kappa shape index (κ2) is 10.1. The number of halogens is 1. The van der Waals surface area contributed by atoms with Crippen molar-refractivity contribution < 1.29 is 9.53 Å². The highest BCUT2D eigenvalue weighted by Crippen LogP contribution is 2.26. The zero-order valence-corrected chi connectivity index (χ0v) is 18.1. The van der Waals surface area contributed by atoms with Crippen LogP contribution in [0.5, 0.6) is 5.75 Å². The summed E-state index contributed by atoms with van der Waals surface area (Å²) in [7, 11) is 0. The number of nitrogens with one attached hydrogen (secondary N) is 1. The topological polar surface area (TPSA) is 51.2 Å². The second-order valence-electron chi connectivity index (χ2n) is 6.71. The molecule has 4 aromatic rings. The summed E-state index contributed by atoms with van der Waals surface area (Å²) in [5.41, 5.74) is 3.77. The first-order valence-corrected chi connectivity index (χ1v) is 10.9. The number of aromatic nitrogens is 1. The SMILES string of the molecule is O=C(C=Cc1ccc(OCc2ccccc2)cc1)Nc1nc(-c2ccc(Cl)cc2)cs1. The van der Waals surface area contributed by atoms with Gasteiger partial charge in [-0.1, -0.05) is 66.2 Å². The Hall–Kier alpha value is -3.41. The van der Waals surface area contributed by atoms with Crippen molar-refractivity contribution in [2.75, 3.05) is 5.32 Å². The van der Waals surface area contributed by atoms with E-state index in [4.69, 9.17) is 16.3 Å². The minimum atomic E-state index is -0.235. The predicted molar refractivity (Wildman–Crippen MR) is 127 cm³/mol. The number of hydrogen-bond donors (Lipinski definition) is 1. The molecule has 4 rings (SSSR count). The summed E-state index contributed by atoms with van der Waals surface area (Å²) >= 11 is 7.30. The summed E-state index contributed by atoms with van der Waals surface area (Å²) in [5.74, 6) is 0.546. The van der Waals surface area contributed by atoms with Gasteiger partial charge in [-0.25, -0.2) is 4.98 Å². The zero-order chi connectivity index (χ0) is 21.5. The van der Waals surface area contributed by atoms with E-state index in [0.717, 1.165) is 28.1 Å². The van der Waals surface area contributed by atoms with Gasteiger partial charge in [-0.15, -0.1) is 11.3 Å². The lowest BCUT2D eigenvalue weighted by atomic mass is 10.2. The molecule has 1 aromatic heterocycles. The number of amides is 1. The first kappa shape index (κ1) is 20.8. The molecule has 1 amide bonds. The molecule has 0 unspecified atom stereocenters. The lowest BCUT2D eigenvalue weighted by Gasteiger charge is -2.06.